The monoisotopic (exact) mass is 542 g/mol. The second-order valence-electron chi connectivity index (χ2n) is 8.94. The Balaban J connectivity index is 1.45. The highest BCUT2D eigenvalue weighted by Gasteiger charge is 2.27. The fraction of sp³-hybridized carbons (Fsp3) is 0.481. The Morgan fingerprint density at radius 1 is 1.16 bits per heavy atom. The molecule has 1 atom stereocenters. The van der Waals surface area contributed by atoms with Crippen molar-refractivity contribution in [2.45, 2.75) is 77.6 Å². The summed E-state index contributed by atoms with van der Waals surface area (Å²) in [5.41, 5.74) is 2.63. The summed E-state index contributed by atoms with van der Waals surface area (Å²) < 4.78 is 13.4. The van der Waals surface area contributed by atoms with E-state index in [2.05, 4.69) is 15.5 Å². The molecule has 1 unspecified atom stereocenters. The molecule has 198 valence electrons. The van der Waals surface area contributed by atoms with Crippen LogP contribution in [0, 0.1) is 6.92 Å². The van der Waals surface area contributed by atoms with E-state index in [0.717, 1.165) is 49.0 Å². The van der Waals surface area contributed by atoms with E-state index >= 15 is 0 Å². The second-order valence-corrected chi connectivity index (χ2v) is 11.0. The number of benzene rings is 1. The van der Waals surface area contributed by atoms with Crippen LogP contribution in [0.15, 0.2) is 29.4 Å². The highest BCUT2D eigenvalue weighted by atomic mass is 32.2. The second kappa shape index (κ2) is 12.6. The molecule has 0 saturated carbocycles. The van der Waals surface area contributed by atoms with Crippen LogP contribution in [0.4, 0.5) is 5.00 Å². The minimum atomic E-state index is -0.358. The summed E-state index contributed by atoms with van der Waals surface area (Å²) in [6.07, 6.45) is 4.76. The molecule has 0 saturated heterocycles. The number of rotatable bonds is 10. The molecule has 1 aliphatic carbocycles. The molecule has 1 aromatic carbocycles. The van der Waals surface area contributed by atoms with Crippen molar-refractivity contribution in [1.82, 2.24) is 14.8 Å². The van der Waals surface area contributed by atoms with Crippen LogP contribution in [-0.2, 0) is 28.9 Å². The molecule has 37 heavy (non-hydrogen) atoms. The predicted molar refractivity (Wildman–Crippen MR) is 147 cm³/mol. The number of aromatic nitrogens is 3. The van der Waals surface area contributed by atoms with E-state index < -0.39 is 0 Å². The summed E-state index contributed by atoms with van der Waals surface area (Å²) in [6, 6.07) is 7.86. The van der Waals surface area contributed by atoms with Crippen LogP contribution in [0.2, 0.25) is 0 Å². The number of esters is 1. The third-order valence-electron chi connectivity index (χ3n) is 6.31. The lowest BCUT2D eigenvalue weighted by atomic mass is 10.1. The van der Waals surface area contributed by atoms with Crippen LogP contribution in [0.25, 0.3) is 0 Å². The maximum atomic E-state index is 13.0. The lowest BCUT2D eigenvalue weighted by Crippen LogP contribution is -2.17. The topological polar surface area (TPSA) is 95.3 Å². The number of carbonyl (C=O) groups excluding carboxylic acids is 2. The number of nitrogens with zero attached hydrogens (tertiary/aromatic N) is 3. The van der Waals surface area contributed by atoms with Gasteiger partial charge in [-0.05, 0) is 70.6 Å². The largest absolute Gasteiger partial charge is 0.482 e. The Hall–Kier alpha value is -2.85. The molecule has 1 N–H and O–H groups in total. The molecule has 4 rings (SSSR count). The zero-order chi connectivity index (χ0) is 26.4. The first-order chi connectivity index (χ1) is 17.9. The van der Waals surface area contributed by atoms with Crippen molar-refractivity contribution in [3.63, 3.8) is 0 Å². The molecule has 2 aromatic heterocycles. The van der Waals surface area contributed by atoms with Gasteiger partial charge in [-0.1, -0.05) is 36.4 Å². The van der Waals surface area contributed by atoms with Crippen molar-refractivity contribution >= 4 is 40.0 Å². The number of thioether (sulfide) groups is 1. The summed E-state index contributed by atoms with van der Waals surface area (Å²) in [6.45, 7) is 8.71. The summed E-state index contributed by atoms with van der Waals surface area (Å²) in [5, 5.41) is 12.9. The zero-order valence-corrected chi connectivity index (χ0v) is 23.5. The number of anilines is 1. The molecule has 2 heterocycles. The molecule has 8 nitrogen and oxygen atoms in total. The van der Waals surface area contributed by atoms with Gasteiger partial charge in [0.15, 0.2) is 17.1 Å². The highest BCUT2D eigenvalue weighted by molar-refractivity contribution is 7.99. The van der Waals surface area contributed by atoms with Gasteiger partial charge in [-0.15, -0.1) is 21.5 Å². The number of amides is 1. The molecule has 0 fully saturated rings. The molecule has 1 amide bonds. The van der Waals surface area contributed by atoms with Gasteiger partial charge in [0, 0.05) is 11.4 Å². The molecule has 0 spiro atoms. The standard InChI is InChI=1S/C27H34N4O4S2/c1-5-31-24(18(4)35-20-14-11-10-12-17(20)3)29-30-27(31)36-16-22(32)28-25-23(26(33)34-6-2)19-13-8-7-9-15-21(19)37-25/h10-12,14,18H,5-9,13,15-16H2,1-4H3,(H,28,32). The molecule has 10 heteroatoms. The van der Waals surface area contributed by atoms with Crippen molar-refractivity contribution in [3.8, 4) is 5.75 Å². The van der Waals surface area contributed by atoms with Crippen LogP contribution in [-0.4, -0.2) is 39.0 Å². The number of aryl methyl sites for hydroxylation is 2. The molecule has 0 radical (unpaired) electrons. The fourth-order valence-corrected chi connectivity index (χ4v) is 6.58. The van der Waals surface area contributed by atoms with Gasteiger partial charge in [-0.2, -0.15) is 0 Å². The SMILES string of the molecule is CCOC(=O)c1c(NC(=O)CSc2nnc(C(C)Oc3ccccc3C)n2CC)sc2c1CCCCC2. The van der Waals surface area contributed by atoms with Gasteiger partial charge in [0.25, 0.3) is 0 Å². The summed E-state index contributed by atoms with van der Waals surface area (Å²) in [7, 11) is 0. The Morgan fingerprint density at radius 2 is 1.95 bits per heavy atom. The molecular weight excluding hydrogens is 508 g/mol. The third kappa shape index (κ3) is 6.35. The van der Waals surface area contributed by atoms with E-state index in [9.17, 15) is 9.59 Å². The Morgan fingerprint density at radius 3 is 2.70 bits per heavy atom. The van der Waals surface area contributed by atoms with Crippen LogP contribution in [0.3, 0.4) is 0 Å². The molecular formula is C27H34N4O4S2. The van der Waals surface area contributed by atoms with E-state index in [1.54, 1.807) is 6.92 Å². The average Bonchev–Trinajstić information content (AvgIpc) is 3.37. The van der Waals surface area contributed by atoms with Gasteiger partial charge in [0.1, 0.15) is 10.8 Å². The number of ether oxygens (including phenoxy) is 2. The maximum absolute atomic E-state index is 13.0. The van der Waals surface area contributed by atoms with Crippen LogP contribution in [0.1, 0.15) is 78.3 Å². The van der Waals surface area contributed by atoms with Gasteiger partial charge in [-0.25, -0.2) is 4.79 Å². The lowest BCUT2D eigenvalue weighted by molar-refractivity contribution is -0.113. The quantitative estimate of drug-likeness (QED) is 0.191. The fourth-order valence-electron chi connectivity index (χ4n) is 4.48. The third-order valence-corrected chi connectivity index (χ3v) is 8.48. The van der Waals surface area contributed by atoms with E-state index in [-0.39, 0.29) is 23.7 Å². The maximum Gasteiger partial charge on any atom is 0.341 e. The van der Waals surface area contributed by atoms with Gasteiger partial charge in [-0.3, -0.25) is 4.79 Å². The number of thiophene rings is 1. The number of hydrogen-bond acceptors (Lipinski definition) is 8. The van der Waals surface area contributed by atoms with Crippen molar-refractivity contribution in [2.24, 2.45) is 0 Å². The normalized spacial score (nSPS) is 13.9. The lowest BCUT2D eigenvalue weighted by Gasteiger charge is -2.17. The number of hydrogen-bond donors (Lipinski definition) is 1. The van der Waals surface area contributed by atoms with Crippen molar-refractivity contribution in [2.75, 3.05) is 17.7 Å². The van der Waals surface area contributed by atoms with Crippen molar-refractivity contribution < 1.29 is 19.1 Å². The summed E-state index contributed by atoms with van der Waals surface area (Å²) in [5.74, 6) is 1.11. The first-order valence-electron chi connectivity index (χ1n) is 12.8. The van der Waals surface area contributed by atoms with Gasteiger partial charge < -0.3 is 19.4 Å². The molecule has 3 aromatic rings. The minimum Gasteiger partial charge on any atom is -0.482 e. The molecule has 1 aliphatic rings. The summed E-state index contributed by atoms with van der Waals surface area (Å²) in [4.78, 5) is 26.9. The number of fused-ring (bicyclic) bond motifs is 1. The minimum absolute atomic E-state index is 0.149. The van der Waals surface area contributed by atoms with Gasteiger partial charge >= 0.3 is 5.97 Å². The van der Waals surface area contributed by atoms with Crippen LogP contribution < -0.4 is 10.1 Å². The van der Waals surface area contributed by atoms with E-state index in [0.29, 0.717) is 34.7 Å². The van der Waals surface area contributed by atoms with Crippen LogP contribution in [0.5, 0.6) is 5.75 Å². The van der Waals surface area contributed by atoms with E-state index in [4.69, 9.17) is 9.47 Å². The van der Waals surface area contributed by atoms with Crippen molar-refractivity contribution in [1.29, 1.82) is 0 Å². The number of para-hydroxylation sites is 1. The van der Waals surface area contributed by atoms with Crippen molar-refractivity contribution in [3.05, 3.63) is 51.7 Å². The Bertz CT molecular complexity index is 1250. The smallest absolute Gasteiger partial charge is 0.341 e. The van der Waals surface area contributed by atoms with E-state index in [1.165, 1.54) is 28.0 Å². The number of nitrogens with one attached hydrogen (secondary N) is 1. The Labute approximate surface area is 226 Å². The van der Waals surface area contributed by atoms with Crippen LogP contribution >= 0.6 is 23.1 Å². The first kappa shape index (κ1) is 27.2. The average molecular weight is 543 g/mol. The highest BCUT2D eigenvalue weighted by Crippen LogP contribution is 2.38. The predicted octanol–water partition coefficient (Wildman–Crippen LogP) is 5.98. The molecule has 0 aliphatic heterocycles. The first-order valence-corrected chi connectivity index (χ1v) is 14.6. The van der Waals surface area contributed by atoms with E-state index in [1.807, 2.05) is 49.6 Å². The Kier molecular flexibility index (Phi) is 9.26. The molecule has 0 bridgehead atoms. The number of carbonyl (C=O) groups is 2. The summed E-state index contributed by atoms with van der Waals surface area (Å²) >= 11 is 2.82. The van der Waals surface area contributed by atoms with Gasteiger partial charge in [0.2, 0.25) is 5.91 Å². The van der Waals surface area contributed by atoms with Gasteiger partial charge in [0.05, 0.1) is 17.9 Å². The zero-order valence-electron chi connectivity index (χ0n) is 21.8.